The molecule has 1 aromatic heterocycles. The van der Waals surface area contributed by atoms with Gasteiger partial charge < -0.3 is 16.0 Å². The highest BCUT2D eigenvalue weighted by Gasteiger charge is 2.32. The summed E-state index contributed by atoms with van der Waals surface area (Å²) < 4.78 is 26.8. The molecule has 1 aromatic carbocycles. The number of nitrogens with one attached hydrogen (secondary N) is 3. The quantitative estimate of drug-likeness (QED) is 0.258. The summed E-state index contributed by atoms with van der Waals surface area (Å²) >= 11 is 0. The first-order valence-electron chi connectivity index (χ1n) is 12.8. The molecule has 2 aromatic rings. The lowest BCUT2D eigenvalue weighted by atomic mass is 10.0. The zero-order valence-corrected chi connectivity index (χ0v) is 23.0. The van der Waals surface area contributed by atoms with E-state index in [1.54, 1.807) is 19.9 Å². The molecule has 1 saturated carbocycles. The summed E-state index contributed by atoms with van der Waals surface area (Å²) in [6.07, 6.45) is 7.84. The molecule has 8 nitrogen and oxygen atoms in total. The van der Waals surface area contributed by atoms with Gasteiger partial charge in [-0.2, -0.15) is 0 Å². The van der Waals surface area contributed by atoms with Crippen molar-refractivity contribution in [1.29, 1.82) is 0 Å². The predicted molar refractivity (Wildman–Crippen MR) is 150 cm³/mol. The fraction of sp³-hybridized carbons (Fsp3) is 0.500. The molecule has 3 N–H and O–H groups in total. The molecule has 3 rings (SSSR count). The number of aromatic nitrogens is 1. The summed E-state index contributed by atoms with van der Waals surface area (Å²) in [6.45, 7) is 7.30. The second kappa shape index (κ2) is 12.9. The predicted octanol–water partition coefficient (Wildman–Crippen LogP) is 3.28. The molecule has 0 bridgehead atoms. The summed E-state index contributed by atoms with van der Waals surface area (Å²) in [4.78, 5) is 18.0. The van der Waals surface area contributed by atoms with Crippen LogP contribution in [0, 0.1) is 24.2 Å². The van der Waals surface area contributed by atoms with Gasteiger partial charge in [-0.05, 0) is 69.2 Å². The van der Waals surface area contributed by atoms with Crippen LogP contribution in [0.15, 0.2) is 42.5 Å². The number of carbonyl (C=O) groups excluding carboxylic acids is 1. The van der Waals surface area contributed by atoms with Crippen molar-refractivity contribution < 1.29 is 13.2 Å². The van der Waals surface area contributed by atoms with E-state index in [4.69, 9.17) is 6.42 Å². The van der Waals surface area contributed by atoms with Crippen molar-refractivity contribution >= 4 is 27.6 Å². The number of hydrogen-bond donors (Lipinski definition) is 3. The Bertz CT molecular complexity index is 1190. The van der Waals surface area contributed by atoms with Gasteiger partial charge in [-0.3, -0.25) is 9.10 Å². The Morgan fingerprint density at radius 1 is 1.24 bits per heavy atom. The molecule has 1 amide bonds. The topological polar surface area (TPSA) is 103 Å². The minimum absolute atomic E-state index is 0.141. The van der Waals surface area contributed by atoms with Gasteiger partial charge in [0, 0.05) is 25.2 Å². The molecule has 9 heteroatoms. The van der Waals surface area contributed by atoms with Crippen molar-refractivity contribution in [2.24, 2.45) is 11.8 Å². The van der Waals surface area contributed by atoms with Crippen molar-refractivity contribution in [3.63, 3.8) is 0 Å². The number of amides is 1. The maximum absolute atomic E-state index is 13.5. The molecule has 0 spiro atoms. The van der Waals surface area contributed by atoms with E-state index >= 15 is 0 Å². The third kappa shape index (κ3) is 8.20. The number of sulfonamides is 1. The van der Waals surface area contributed by atoms with Crippen molar-refractivity contribution in [2.75, 3.05) is 36.3 Å². The van der Waals surface area contributed by atoms with E-state index in [1.165, 1.54) is 13.1 Å². The van der Waals surface area contributed by atoms with Crippen LogP contribution in [-0.4, -0.2) is 57.3 Å². The minimum Gasteiger partial charge on any atom is -0.370 e. The van der Waals surface area contributed by atoms with Gasteiger partial charge in [0.2, 0.25) is 10.0 Å². The van der Waals surface area contributed by atoms with Crippen LogP contribution >= 0.6 is 0 Å². The summed E-state index contributed by atoms with van der Waals surface area (Å²) in [5.41, 5.74) is 1.47. The van der Waals surface area contributed by atoms with Crippen molar-refractivity contribution in [1.82, 2.24) is 15.6 Å². The standard InChI is InChI=1S/C28H39N5O3S/c1-6-13-29-14-12-25(16-22-10-8-7-9-11-22)31-28(34)23-17-26(30-19-24-15-21(24)4)32-27(18-23)33(5)37(35,36)20(2)3/h1,7-11,17-18,20-21,24-25,29H,12-16,19H2,2-5H3,(H,30,32)(H,31,34). The second-order valence-electron chi connectivity index (χ2n) is 10.0. The summed E-state index contributed by atoms with van der Waals surface area (Å²) in [5.74, 6) is 4.20. The van der Waals surface area contributed by atoms with Gasteiger partial charge in [0.1, 0.15) is 11.6 Å². The van der Waals surface area contributed by atoms with E-state index < -0.39 is 15.3 Å². The van der Waals surface area contributed by atoms with Crippen LogP contribution in [0.5, 0.6) is 0 Å². The molecule has 37 heavy (non-hydrogen) atoms. The zero-order chi connectivity index (χ0) is 27.0. The first kappa shape index (κ1) is 28.5. The SMILES string of the molecule is C#CCNCCC(Cc1ccccc1)NC(=O)c1cc(NCC2CC2C)nc(N(C)S(=O)(=O)C(C)C)c1. The van der Waals surface area contributed by atoms with Crippen LogP contribution in [-0.2, 0) is 16.4 Å². The number of hydrogen-bond acceptors (Lipinski definition) is 6. The van der Waals surface area contributed by atoms with E-state index in [-0.39, 0.29) is 17.8 Å². The maximum Gasteiger partial charge on any atom is 0.251 e. The maximum atomic E-state index is 13.5. The Morgan fingerprint density at radius 3 is 2.57 bits per heavy atom. The van der Waals surface area contributed by atoms with Crippen molar-refractivity contribution in [2.45, 2.75) is 51.3 Å². The second-order valence-corrected chi connectivity index (χ2v) is 12.6. The summed E-state index contributed by atoms with van der Waals surface area (Å²) in [6, 6.07) is 13.1. The first-order valence-corrected chi connectivity index (χ1v) is 14.3. The van der Waals surface area contributed by atoms with Crippen LogP contribution in [0.2, 0.25) is 0 Å². The Labute approximate surface area is 221 Å². The number of terminal acetylenes is 1. The van der Waals surface area contributed by atoms with Crippen LogP contribution in [0.25, 0.3) is 0 Å². The van der Waals surface area contributed by atoms with Gasteiger partial charge in [-0.15, -0.1) is 6.42 Å². The molecule has 200 valence electrons. The Hall–Kier alpha value is -3.09. The fourth-order valence-electron chi connectivity index (χ4n) is 4.09. The molecule has 1 heterocycles. The lowest BCUT2D eigenvalue weighted by Crippen LogP contribution is -2.39. The number of nitrogens with zero attached hydrogens (tertiary/aromatic N) is 2. The highest BCUT2D eigenvalue weighted by molar-refractivity contribution is 7.93. The van der Waals surface area contributed by atoms with Gasteiger partial charge in [-0.1, -0.05) is 43.2 Å². The first-order chi connectivity index (χ1) is 17.6. The lowest BCUT2D eigenvalue weighted by Gasteiger charge is -2.23. The number of pyridine rings is 1. The molecule has 1 aliphatic carbocycles. The van der Waals surface area contributed by atoms with E-state index in [2.05, 4.69) is 33.8 Å². The third-order valence-electron chi connectivity index (χ3n) is 6.75. The van der Waals surface area contributed by atoms with Gasteiger partial charge in [0.15, 0.2) is 0 Å². The molecule has 0 saturated heterocycles. The highest BCUT2D eigenvalue weighted by Crippen LogP contribution is 2.37. The molecular formula is C28H39N5O3S. The Morgan fingerprint density at radius 2 is 1.95 bits per heavy atom. The normalized spacial score (nSPS) is 17.6. The van der Waals surface area contributed by atoms with Gasteiger partial charge in [0.25, 0.3) is 5.91 Å². The van der Waals surface area contributed by atoms with Crippen molar-refractivity contribution in [3.8, 4) is 12.3 Å². The number of rotatable bonds is 14. The average Bonchev–Trinajstić information content (AvgIpc) is 3.59. The number of benzene rings is 1. The van der Waals surface area contributed by atoms with Crippen LogP contribution in [0.4, 0.5) is 11.6 Å². The molecule has 3 atom stereocenters. The van der Waals surface area contributed by atoms with Gasteiger partial charge in [-0.25, -0.2) is 13.4 Å². The molecule has 3 unspecified atom stereocenters. The molecule has 1 fully saturated rings. The number of anilines is 2. The van der Waals surface area contributed by atoms with Crippen LogP contribution in [0.3, 0.4) is 0 Å². The Kier molecular flexibility index (Phi) is 9.95. The summed E-state index contributed by atoms with van der Waals surface area (Å²) in [7, 11) is -2.14. The van der Waals surface area contributed by atoms with Crippen LogP contribution in [0.1, 0.15) is 49.5 Å². The fourth-order valence-corrected chi connectivity index (χ4v) is 5.08. The number of carbonyl (C=O) groups is 1. The lowest BCUT2D eigenvalue weighted by molar-refractivity contribution is 0.0935. The summed E-state index contributed by atoms with van der Waals surface area (Å²) in [5, 5.41) is 9.01. The largest absolute Gasteiger partial charge is 0.370 e. The Balaban J connectivity index is 1.84. The minimum atomic E-state index is -3.61. The molecule has 0 radical (unpaired) electrons. The van der Waals surface area contributed by atoms with Crippen LogP contribution < -0.4 is 20.3 Å². The molecule has 1 aliphatic rings. The van der Waals surface area contributed by atoms with E-state index in [9.17, 15) is 13.2 Å². The van der Waals surface area contributed by atoms with Gasteiger partial charge in [0.05, 0.1) is 11.8 Å². The highest BCUT2D eigenvalue weighted by atomic mass is 32.2. The van der Waals surface area contributed by atoms with E-state index in [0.29, 0.717) is 49.1 Å². The zero-order valence-electron chi connectivity index (χ0n) is 22.2. The smallest absolute Gasteiger partial charge is 0.251 e. The van der Waals surface area contributed by atoms with E-state index in [1.807, 2.05) is 30.3 Å². The monoisotopic (exact) mass is 525 g/mol. The molecular weight excluding hydrogens is 486 g/mol. The van der Waals surface area contributed by atoms with E-state index in [0.717, 1.165) is 22.8 Å². The third-order valence-corrected chi connectivity index (χ3v) is 8.89. The van der Waals surface area contributed by atoms with Crippen molar-refractivity contribution in [3.05, 3.63) is 53.6 Å². The molecule has 0 aliphatic heterocycles. The van der Waals surface area contributed by atoms with Gasteiger partial charge >= 0.3 is 0 Å². The average molecular weight is 526 g/mol.